The average Bonchev–Trinajstić information content (AvgIpc) is 2.49. The standard InChI is InChI=1S/C15H17BrFN3O/c1-15(2,10-18)20-8-6-19(7-9-20)14(21)11-4-3-5-12(16)13(11)17/h3-5H,6-9H2,1-2H3. The molecule has 1 aliphatic heterocycles. The lowest BCUT2D eigenvalue weighted by molar-refractivity contribution is 0.0517. The number of amides is 1. The van der Waals surface area contributed by atoms with Crippen molar-refractivity contribution < 1.29 is 9.18 Å². The van der Waals surface area contributed by atoms with Gasteiger partial charge in [-0.3, -0.25) is 9.69 Å². The van der Waals surface area contributed by atoms with E-state index >= 15 is 0 Å². The third kappa shape index (κ3) is 3.25. The van der Waals surface area contributed by atoms with Gasteiger partial charge in [0.05, 0.1) is 16.1 Å². The van der Waals surface area contributed by atoms with Crippen LogP contribution in [-0.4, -0.2) is 47.4 Å². The third-order valence-corrected chi connectivity index (χ3v) is 4.43. The second kappa shape index (κ2) is 6.12. The summed E-state index contributed by atoms with van der Waals surface area (Å²) in [7, 11) is 0. The van der Waals surface area contributed by atoms with Crippen molar-refractivity contribution in [3.63, 3.8) is 0 Å². The monoisotopic (exact) mass is 353 g/mol. The second-order valence-corrected chi connectivity index (χ2v) is 6.41. The quantitative estimate of drug-likeness (QED) is 0.820. The fraction of sp³-hybridized carbons (Fsp3) is 0.467. The van der Waals surface area contributed by atoms with E-state index in [2.05, 4.69) is 22.0 Å². The van der Waals surface area contributed by atoms with Crippen molar-refractivity contribution in [3.8, 4) is 6.07 Å². The van der Waals surface area contributed by atoms with Crippen LogP contribution in [0.25, 0.3) is 0 Å². The summed E-state index contributed by atoms with van der Waals surface area (Å²) in [5.41, 5.74) is -0.465. The number of nitrogens with zero attached hydrogens (tertiary/aromatic N) is 3. The molecule has 1 saturated heterocycles. The lowest BCUT2D eigenvalue weighted by Crippen LogP contribution is -2.55. The number of piperazine rings is 1. The summed E-state index contributed by atoms with van der Waals surface area (Å²) in [5, 5.41) is 9.14. The second-order valence-electron chi connectivity index (χ2n) is 5.55. The smallest absolute Gasteiger partial charge is 0.256 e. The van der Waals surface area contributed by atoms with E-state index in [0.29, 0.717) is 26.2 Å². The van der Waals surface area contributed by atoms with Crippen molar-refractivity contribution in [2.24, 2.45) is 0 Å². The third-order valence-electron chi connectivity index (χ3n) is 3.81. The maximum Gasteiger partial charge on any atom is 0.256 e. The highest BCUT2D eigenvalue weighted by Crippen LogP contribution is 2.21. The van der Waals surface area contributed by atoms with E-state index in [-0.39, 0.29) is 15.9 Å². The molecule has 1 fully saturated rings. The van der Waals surface area contributed by atoms with Crippen LogP contribution in [0.3, 0.4) is 0 Å². The summed E-state index contributed by atoms with van der Waals surface area (Å²) in [5.74, 6) is -0.828. The molecule has 0 aromatic heterocycles. The summed E-state index contributed by atoms with van der Waals surface area (Å²) in [6.07, 6.45) is 0. The predicted molar refractivity (Wildman–Crippen MR) is 81.3 cm³/mol. The van der Waals surface area contributed by atoms with Gasteiger partial charge in [0.1, 0.15) is 11.4 Å². The zero-order valence-electron chi connectivity index (χ0n) is 12.1. The van der Waals surface area contributed by atoms with E-state index < -0.39 is 11.4 Å². The Morgan fingerprint density at radius 3 is 2.52 bits per heavy atom. The van der Waals surface area contributed by atoms with Gasteiger partial charge in [-0.25, -0.2) is 4.39 Å². The Kier molecular flexibility index (Phi) is 4.64. The first kappa shape index (κ1) is 15.9. The van der Waals surface area contributed by atoms with Crippen LogP contribution in [0, 0.1) is 17.1 Å². The first-order valence-corrected chi connectivity index (χ1v) is 7.55. The number of carbonyl (C=O) groups is 1. The van der Waals surface area contributed by atoms with Crippen LogP contribution in [0.4, 0.5) is 4.39 Å². The molecule has 0 atom stereocenters. The fourth-order valence-electron chi connectivity index (χ4n) is 2.38. The van der Waals surface area contributed by atoms with Gasteiger partial charge < -0.3 is 4.90 Å². The van der Waals surface area contributed by atoms with Crippen LogP contribution >= 0.6 is 15.9 Å². The molecule has 0 bridgehead atoms. The molecule has 2 rings (SSSR count). The number of hydrogen-bond donors (Lipinski definition) is 0. The molecule has 1 aromatic carbocycles. The number of nitriles is 1. The van der Waals surface area contributed by atoms with Crippen molar-refractivity contribution in [1.82, 2.24) is 9.80 Å². The Hall–Kier alpha value is -1.45. The molecule has 1 aliphatic rings. The van der Waals surface area contributed by atoms with Crippen LogP contribution in [-0.2, 0) is 0 Å². The van der Waals surface area contributed by atoms with Crippen LogP contribution in [0.2, 0.25) is 0 Å². The number of benzene rings is 1. The summed E-state index contributed by atoms with van der Waals surface area (Å²) in [6, 6.07) is 6.97. The van der Waals surface area contributed by atoms with Gasteiger partial charge in [-0.1, -0.05) is 6.07 Å². The molecule has 0 N–H and O–H groups in total. The topological polar surface area (TPSA) is 47.3 Å². The van der Waals surface area contributed by atoms with Crippen molar-refractivity contribution >= 4 is 21.8 Å². The minimum absolute atomic E-state index is 0.0809. The van der Waals surface area contributed by atoms with Gasteiger partial charge in [0.25, 0.3) is 5.91 Å². The number of rotatable bonds is 2. The predicted octanol–water partition coefficient (Wildman–Crippen LogP) is 2.65. The fourth-order valence-corrected chi connectivity index (χ4v) is 2.74. The molecule has 4 nitrogen and oxygen atoms in total. The van der Waals surface area contributed by atoms with Gasteiger partial charge >= 0.3 is 0 Å². The maximum atomic E-state index is 14.0. The van der Waals surface area contributed by atoms with Crippen LogP contribution in [0.5, 0.6) is 0 Å². The van der Waals surface area contributed by atoms with E-state index in [1.54, 1.807) is 17.0 Å². The normalized spacial score (nSPS) is 16.6. The van der Waals surface area contributed by atoms with Gasteiger partial charge in [-0.15, -0.1) is 0 Å². The largest absolute Gasteiger partial charge is 0.336 e. The van der Waals surface area contributed by atoms with Gasteiger partial charge in [-0.2, -0.15) is 5.26 Å². The summed E-state index contributed by atoms with van der Waals surface area (Å²) in [4.78, 5) is 16.0. The van der Waals surface area contributed by atoms with Crippen molar-refractivity contribution in [1.29, 1.82) is 5.26 Å². The molecule has 0 aliphatic carbocycles. The molecular formula is C15H17BrFN3O. The Balaban J connectivity index is 2.08. The molecule has 0 radical (unpaired) electrons. The molecule has 0 unspecified atom stereocenters. The minimum Gasteiger partial charge on any atom is -0.336 e. The highest BCUT2D eigenvalue weighted by atomic mass is 79.9. The Labute approximate surface area is 132 Å². The number of carbonyl (C=O) groups excluding carboxylic acids is 1. The van der Waals surface area contributed by atoms with Crippen molar-refractivity contribution in [2.75, 3.05) is 26.2 Å². The van der Waals surface area contributed by atoms with E-state index in [4.69, 9.17) is 5.26 Å². The summed E-state index contributed by atoms with van der Waals surface area (Å²) < 4.78 is 14.3. The van der Waals surface area contributed by atoms with Gasteiger partial charge in [0, 0.05) is 26.2 Å². The molecule has 112 valence electrons. The van der Waals surface area contributed by atoms with Crippen LogP contribution in [0.1, 0.15) is 24.2 Å². The Morgan fingerprint density at radius 1 is 1.33 bits per heavy atom. The molecule has 1 amide bonds. The number of hydrogen-bond acceptors (Lipinski definition) is 3. The molecule has 1 aromatic rings. The summed E-state index contributed by atoms with van der Waals surface area (Å²) >= 11 is 3.09. The average molecular weight is 354 g/mol. The Morgan fingerprint density at radius 2 is 1.95 bits per heavy atom. The van der Waals surface area contributed by atoms with Crippen molar-refractivity contribution in [3.05, 3.63) is 34.1 Å². The zero-order valence-corrected chi connectivity index (χ0v) is 13.7. The highest BCUT2D eigenvalue weighted by molar-refractivity contribution is 9.10. The molecule has 21 heavy (non-hydrogen) atoms. The van der Waals surface area contributed by atoms with Crippen LogP contribution in [0.15, 0.2) is 22.7 Å². The molecule has 1 heterocycles. The van der Waals surface area contributed by atoms with Gasteiger partial charge in [-0.05, 0) is 41.9 Å². The molecule has 6 heteroatoms. The van der Waals surface area contributed by atoms with E-state index in [0.717, 1.165) is 0 Å². The summed E-state index contributed by atoms with van der Waals surface area (Å²) in [6.45, 7) is 5.94. The Bertz CT molecular complexity index is 589. The van der Waals surface area contributed by atoms with Gasteiger partial charge in [0.2, 0.25) is 0 Å². The van der Waals surface area contributed by atoms with E-state index in [9.17, 15) is 9.18 Å². The zero-order chi connectivity index (χ0) is 15.6. The number of halogens is 2. The van der Waals surface area contributed by atoms with Crippen molar-refractivity contribution in [2.45, 2.75) is 19.4 Å². The first-order valence-electron chi connectivity index (χ1n) is 6.76. The first-order chi connectivity index (χ1) is 9.86. The minimum atomic E-state index is -0.545. The lowest BCUT2D eigenvalue weighted by Gasteiger charge is -2.40. The van der Waals surface area contributed by atoms with Crippen LogP contribution < -0.4 is 0 Å². The van der Waals surface area contributed by atoms with E-state index in [1.807, 2.05) is 18.7 Å². The van der Waals surface area contributed by atoms with Gasteiger partial charge in [0.15, 0.2) is 0 Å². The molecule has 0 saturated carbocycles. The molecular weight excluding hydrogens is 337 g/mol. The van der Waals surface area contributed by atoms with E-state index in [1.165, 1.54) is 6.07 Å². The lowest BCUT2D eigenvalue weighted by atomic mass is 10.0. The SMILES string of the molecule is CC(C)(C#N)N1CCN(C(=O)c2cccc(Br)c2F)CC1. The maximum absolute atomic E-state index is 14.0. The highest BCUT2D eigenvalue weighted by Gasteiger charge is 2.32. The molecule has 0 spiro atoms.